The van der Waals surface area contributed by atoms with Gasteiger partial charge in [-0.25, -0.2) is 0 Å². The summed E-state index contributed by atoms with van der Waals surface area (Å²) in [5, 5.41) is 17.5. The number of hydrogen-bond acceptors (Lipinski definition) is 4. The molecule has 0 aliphatic rings. The highest BCUT2D eigenvalue weighted by molar-refractivity contribution is 8.22. The van der Waals surface area contributed by atoms with Crippen LogP contribution in [0.5, 0.6) is 0 Å². The van der Waals surface area contributed by atoms with Crippen LogP contribution >= 0.6 is 17.4 Å². The molecule has 6 heteroatoms. The van der Waals surface area contributed by atoms with Crippen molar-refractivity contribution in [1.29, 1.82) is 0 Å². The van der Waals surface area contributed by atoms with E-state index in [1.807, 2.05) is 54.9 Å². The molecule has 0 radical (unpaired) electrons. The van der Waals surface area contributed by atoms with Gasteiger partial charge in [-0.05, 0) is 46.8 Å². The fourth-order valence-electron chi connectivity index (χ4n) is 3.08. The lowest BCUT2D eigenvalue weighted by Gasteiger charge is -2.30. The Bertz CT molecular complexity index is 885. The number of benzene rings is 2. The van der Waals surface area contributed by atoms with Crippen LogP contribution in [0.1, 0.15) is 22.3 Å². The van der Waals surface area contributed by atoms with Crippen LogP contribution in [0.4, 0.5) is 0 Å². The van der Waals surface area contributed by atoms with Crippen LogP contribution in [-0.4, -0.2) is 11.5 Å². The highest BCUT2D eigenvalue weighted by atomic mass is 32.4. The molecule has 3 rings (SSSR count). The van der Waals surface area contributed by atoms with Crippen molar-refractivity contribution in [3.63, 3.8) is 0 Å². The van der Waals surface area contributed by atoms with Gasteiger partial charge in [-0.1, -0.05) is 71.5 Å². The fourth-order valence-corrected chi connectivity index (χ4v) is 8.33. The third-order valence-corrected chi connectivity index (χ3v) is 10.7. The van der Waals surface area contributed by atoms with Crippen molar-refractivity contribution in [2.75, 3.05) is 6.54 Å². The lowest BCUT2D eigenvalue weighted by Crippen LogP contribution is -2.25. The van der Waals surface area contributed by atoms with Crippen LogP contribution in [-0.2, 0) is 11.8 Å². The number of rotatable bonds is 6. The van der Waals surface area contributed by atoms with Gasteiger partial charge >= 0.3 is 0 Å². The smallest absolute Gasteiger partial charge is 0.215 e. The van der Waals surface area contributed by atoms with Crippen molar-refractivity contribution in [2.45, 2.75) is 19.5 Å². The summed E-state index contributed by atoms with van der Waals surface area (Å²) in [5.41, 5.74) is 2.96. The maximum atomic E-state index is 11.5. The van der Waals surface area contributed by atoms with Gasteiger partial charge in [0.1, 0.15) is 0 Å². The van der Waals surface area contributed by atoms with Crippen molar-refractivity contribution >= 4 is 39.8 Å². The number of hydrogen-bond donors (Lipinski definition) is 0. The van der Waals surface area contributed by atoms with E-state index in [1.165, 1.54) is 0 Å². The molecule has 0 amide bonds. The molecule has 134 valence electrons. The monoisotopic (exact) mass is 401 g/mol. The Morgan fingerprint density at radius 2 is 1.50 bits per heavy atom. The summed E-state index contributed by atoms with van der Waals surface area (Å²) in [5.74, 6) is 0. The number of nitro groups is 1. The lowest BCUT2D eigenvalue weighted by atomic mass is 10.2. The highest BCUT2D eigenvalue weighted by Crippen LogP contribution is 2.57. The number of thiophene rings is 1. The van der Waals surface area contributed by atoms with E-state index in [4.69, 9.17) is 11.8 Å². The highest BCUT2D eigenvalue weighted by Gasteiger charge is 2.37. The van der Waals surface area contributed by atoms with Crippen molar-refractivity contribution in [3.05, 3.63) is 92.2 Å². The summed E-state index contributed by atoms with van der Waals surface area (Å²) in [7, 11) is 0. The van der Waals surface area contributed by atoms with Gasteiger partial charge in [0.25, 0.3) is 0 Å². The van der Waals surface area contributed by atoms with Gasteiger partial charge < -0.3 is 0 Å². The van der Waals surface area contributed by atoms with Crippen molar-refractivity contribution in [1.82, 2.24) is 0 Å². The average Bonchev–Trinajstić information content (AvgIpc) is 3.14. The van der Waals surface area contributed by atoms with E-state index < -0.39 is 6.04 Å². The molecule has 0 fully saturated rings. The van der Waals surface area contributed by atoms with Crippen LogP contribution < -0.4 is 10.6 Å². The van der Waals surface area contributed by atoms with Gasteiger partial charge in [-0.2, -0.15) is 11.3 Å². The molecule has 0 aliphatic heterocycles. The second-order valence-electron chi connectivity index (χ2n) is 6.42. The van der Waals surface area contributed by atoms with Crippen LogP contribution in [0.15, 0.2) is 65.4 Å². The molecule has 1 atom stereocenters. The summed E-state index contributed by atoms with van der Waals surface area (Å²) in [6.45, 7) is 3.91. The minimum Gasteiger partial charge on any atom is -0.265 e. The number of aryl methyl sites for hydroxylation is 2. The van der Waals surface area contributed by atoms with Crippen LogP contribution in [0.3, 0.4) is 0 Å². The first kappa shape index (κ1) is 19.0. The second kappa shape index (κ2) is 7.83. The van der Waals surface area contributed by atoms with E-state index in [1.54, 1.807) is 11.3 Å². The molecule has 0 saturated heterocycles. The van der Waals surface area contributed by atoms with E-state index in [2.05, 4.69) is 24.3 Å². The zero-order chi connectivity index (χ0) is 18.7. The van der Waals surface area contributed by atoms with Gasteiger partial charge in [0.05, 0.1) is 5.66 Å². The Hall–Kier alpha value is -1.81. The molecule has 0 saturated carbocycles. The summed E-state index contributed by atoms with van der Waals surface area (Å²) < 4.78 is 0. The minimum atomic E-state index is -2.42. The van der Waals surface area contributed by atoms with Crippen LogP contribution in [0, 0.1) is 24.0 Å². The first-order chi connectivity index (χ1) is 12.4. The Labute approximate surface area is 162 Å². The van der Waals surface area contributed by atoms with Crippen LogP contribution in [0.25, 0.3) is 0 Å². The van der Waals surface area contributed by atoms with Gasteiger partial charge in [-0.15, -0.1) is 0 Å². The maximum absolute atomic E-state index is 11.5. The lowest BCUT2D eigenvalue weighted by molar-refractivity contribution is -0.479. The normalized spacial score (nSPS) is 12.7. The van der Waals surface area contributed by atoms with Crippen molar-refractivity contribution in [3.8, 4) is 0 Å². The first-order valence-corrected chi connectivity index (χ1v) is 12.1. The first-order valence-electron chi connectivity index (χ1n) is 8.29. The van der Waals surface area contributed by atoms with Gasteiger partial charge in [-0.3, -0.25) is 10.1 Å². The molecule has 3 nitrogen and oxygen atoms in total. The Morgan fingerprint density at radius 3 is 1.88 bits per heavy atom. The zero-order valence-electron chi connectivity index (χ0n) is 14.7. The fraction of sp³-hybridized carbons (Fsp3) is 0.200. The molecule has 0 bridgehead atoms. The Balaban J connectivity index is 2.24. The van der Waals surface area contributed by atoms with E-state index >= 15 is 0 Å². The number of nitrogens with zero attached hydrogens (tertiary/aromatic N) is 1. The van der Waals surface area contributed by atoms with Gasteiger partial charge in [0, 0.05) is 11.0 Å². The molecular formula is C20H20NO2PS2. The topological polar surface area (TPSA) is 43.1 Å². The summed E-state index contributed by atoms with van der Waals surface area (Å²) in [6, 6.07) is 15.9. The molecular weight excluding hydrogens is 381 g/mol. The third kappa shape index (κ3) is 3.80. The largest absolute Gasteiger partial charge is 0.265 e. The predicted octanol–water partition coefficient (Wildman–Crippen LogP) is 4.81. The van der Waals surface area contributed by atoms with E-state index in [0.717, 1.165) is 27.3 Å². The molecule has 0 aliphatic carbocycles. The average molecular weight is 401 g/mol. The maximum Gasteiger partial charge on any atom is 0.215 e. The second-order valence-corrected chi connectivity index (χ2v) is 11.9. The molecule has 0 spiro atoms. The Kier molecular flexibility index (Phi) is 5.71. The molecule has 0 unspecified atom stereocenters. The summed E-state index contributed by atoms with van der Waals surface area (Å²) in [4.78, 5) is 11.3. The summed E-state index contributed by atoms with van der Waals surface area (Å²) in [6.07, 6.45) is 0. The summed E-state index contributed by atoms with van der Waals surface area (Å²) >= 11 is 7.88. The van der Waals surface area contributed by atoms with Gasteiger partial charge in [0.15, 0.2) is 0 Å². The molecule has 0 N–H and O–H groups in total. The molecule has 3 aromatic rings. The SMILES string of the molecule is Cc1ccc(P(=S)(c2ccc(C)cc2)[C@@H](C[N+](=O)[O-])c2ccsc2)cc1. The quantitative estimate of drug-likeness (QED) is 0.338. The van der Waals surface area contributed by atoms with Gasteiger partial charge in [0.2, 0.25) is 6.54 Å². The van der Waals surface area contributed by atoms with Crippen molar-refractivity contribution in [2.24, 2.45) is 0 Å². The molecule has 26 heavy (non-hydrogen) atoms. The van der Waals surface area contributed by atoms with E-state index in [-0.39, 0.29) is 17.1 Å². The molecule has 2 aromatic carbocycles. The molecule has 1 heterocycles. The van der Waals surface area contributed by atoms with Crippen molar-refractivity contribution < 1.29 is 4.92 Å². The zero-order valence-corrected chi connectivity index (χ0v) is 17.2. The van der Waals surface area contributed by atoms with E-state index in [9.17, 15) is 10.1 Å². The predicted molar refractivity (Wildman–Crippen MR) is 115 cm³/mol. The standard InChI is InChI=1S/C20H20NO2PS2/c1-15-3-7-18(8-4-15)24(25,19-9-5-16(2)6-10-19)20(13-21(22)23)17-11-12-26-14-17/h3-12,14,20H,13H2,1-2H3/t20-/m0/s1. The third-order valence-electron chi connectivity index (χ3n) is 4.52. The van der Waals surface area contributed by atoms with E-state index in [0.29, 0.717) is 0 Å². The Morgan fingerprint density at radius 1 is 1.00 bits per heavy atom. The minimum absolute atomic E-state index is 0.157. The van der Waals surface area contributed by atoms with Crippen LogP contribution in [0.2, 0.25) is 0 Å². The molecule has 1 aromatic heterocycles.